The van der Waals surface area contributed by atoms with Crippen LogP contribution in [-0.4, -0.2) is 61.6 Å². The minimum atomic E-state index is -0.748. The van der Waals surface area contributed by atoms with Crippen LogP contribution in [0.4, 0.5) is 4.39 Å². The second-order valence-corrected chi connectivity index (χ2v) is 8.08. The van der Waals surface area contributed by atoms with Crippen LogP contribution in [0.1, 0.15) is 16.6 Å². The van der Waals surface area contributed by atoms with Gasteiger partial charge in [0.1, 0.15) is 11.9 Å². The number of esters is 1. The summed E-state index contributed by atoms with van der Waals surface area (Å²) in [7, 11) is 1.32. The van der Waals surface area contributed by atoms with Crippen LogP contribution < -0.4 is 5.32 Å². The van der Waals surface area contributed by atoms with E-state index in [0.29, 0.717) is 47.4 Å². The van der Waals surface area contributed by atoms with E-state index in [1.165, 1.54) is 30.6 Å². The van der Waals surface area contributed by atoms with Gasteiger partial charge < -0.3 is 14.8 Å². The highest BCUT2D eigenvalue weighted by Crippen LogP contribution is 2.36. The topological polar surface area (TPSA) is 76.0 Å². The summed E-state index contributed by atoms with van der Waals surface area (Å²) in [6.45, 7) is 3.22. The van der Waals surface area contributed by atoms with E-state index in [2.05, 4.69) is 15.2 Å². The summed E-state index contributed by atoms with van der Waals surface area (Å²) in [5, 5.41) is 6.00. The fraction of sp³-hybridized carbons (Fsp3) is 0.350. The van der Waals surface area contributed by atoms with Crippen molar-refractivity contribution in [2.45, 2.75) is 6.04 Å². The molecule has 1 atom stereocenters. The SMILES string of the molecule is COC(=O)C1=C(CN2CCOCC2)NC(c2nccs2)=NC1c1ccc(F)cc1Cl. The fourth-order valence-corrected chi connectivity index (χ4v) is 4.31. The van der Waals surface area contributed by atoms with Crippen LogP contribution in [0.25, 0.3) is 0 Å². The number of aliphatic imine (C=N–C) groups is 1. The van der Waals surface area contributed by atoms with Crippen LogP contribution in [0.2, 0.25) is 5.02 Å². The minimum Gasteiger partial charge on any atom is -0.466 e. The molecule has 10 heteroatoms. The number of morpholine rings is 1. The van der Waals surface area contributed by atoms with E-state index in [1.54, 1.807) is 12.3 Å². The summed E-state index contributed by atoms with van der Waals surface area (Å²) in [4.78, 5) is 24.1. The quantitative estimate of drug-likeness (QED) is 0.706. The van der Waals surface area contributed by atoms with Gasteiger partial charge in [-0.05, 0) is 12.1 Å². The Morgan fingerprint density at radius 1 is 1.43 bits per heavy atom. The lowest BCUT2D eigenvalue weighted by Crippen LogP contribution is -2.43. The first-order valence-electron chi connectivity index (χ1n) is 9.38. The van der Waals surface area contributed by atoms with Gasteiger partial charge >= 0.3 is 5.97 Å². The number of nitrogens with one attached hydrogen (secondary N) is 1. The molecule has 30 heavy (non-hydrogen) atoms. The summed E-state index contributed by atoms with van der Waals surface area (Å²) in [6.07, 6.45) is 1.69. The number of ether oxygens (including phenoxy) is 2. The number of carbonyl (C=O) groups is 1. The summed E-state index contributed by atoms with van der Waals surface area (Å²) < 4.78 is 24.2. The van der Waals surface area contributed by atoms with Crippen molar-refractivity contribution in [1.29, 1.82) is 0 Å². The Morgan fingerprint density at radius 2 is 2.23 bits per heavy atom. The third-order valence-electron chi connectivity index (χ3n) is 4.91. The zero-order chi connectivity index (χ0) is 21.1. The number of benzene rings is 1. The van der Waals surface area contributed by atoms with Gasteiger partial charge in [-0.3, -0.25) is 9.89 Å². The molecule has 2 aliphatic heterocycles. The van der Waals surface area contributed by atoms with E-state index in [4.69, 9.17) is 26.1 Å². The molecule has 1 N–H and O–H groups in total. The van der Waals surface area contributed by atoms with Crippen molar-refractivity contribution in [1.82, 2.24) is 15.2 Å². The van der Waals surface area contributed by atoms with E-state index in [0.717, 1.165) is 13.1 Å². The normalized spacial score (nSPS) is 20.0. The van der Waals surface area contributed by atoms with Crippen molar-refractivity contribution >= 4 is 34.7 Å². The second-order valence-electron chi connectivity index (χ2n) is 6.78. The standard InChI is InChI=1S/C20H20ClFN4O3S/c1-28-20(27)16-15(11-26-5-7-29-8-6-26)24-18(19-23-4-9-30-19)25-17(16)13-3-2-12(22)10-14(13)21/h2-4,9-10,17H,5-8,11H2,1H3,(H,24,25). The molecule has 3 heterocycles. The van der Waals surface area contributed by atoms with Crippen LogP contribution >= 0.6 is 22.9 Å². The number of hydrogen-bond donors (Lipinski definition) is 1. The Labute approximate surface area is 182 Å². The van der Waals surface area contributed by atoms with E-state index in [9.17, 15) is 9.18 Å². The molecule has 1 aromatic carbocycles. The largest absolute Gasteiger partial charge is 0.466 e. The molecule has 0 spiro atoms. The molecule has 0 amide bonds. The van der Waals surface area contributed by atoms with E-state index < -0.39 is 17.8 Å². The van der Waals surface area contributed by atoms with Crippen molar-refractivity contribution < 1.29 is 18.7 Å². The number of methoxy groups -OCH3 is 1. The zero-order valence-electron chi connectivity index (χ0n) is 16.2. The third-order valence-corrected chi connectivity index (χ3v) is 6.02. The highest BCUT2D eigenvalue weighted by Gasteiger charge is 2.34. The molecule has 0 saturated carbocycles. The lowest BCUT2D eigenvalue weighted by molar-refractivity contribution is -0.136. The van der Waals surface area contributed by atoms with E-state index in [-0.39, 0.29) is 5.02 Å². The number of nitrogens with zero attached hydrogens (tertiary/aromatic N) is 3. The van der Waals surface area contributed by atoms with Crippen molar-refractivity contribution in [3.05, 3.63) is 62.5 Å². The van der Waals surface area contributed by atoms with Crippen molar-refractivity contribution in [3.8, 4) is 0 Å². The van der Waals surface area contributed by atoms with Gasteiger partial charge in [-0.15, -0.1) is 11.3 Å². The molecule has 7 nitrogen and oxygen atoms in total. The van der Waals surface area contributed by atoms with Gasteiger partial charge in [-0.2, -0.15) is 0 Å². The maximum atomic E-state index is 13.7. The monoisotopic (exact) mass is 450 g/mol. The average Bonchev–Trinajstić information content (AvgIpc) is 3.28. The van der Waals surface area contributed by atoms with E-state index in [1.807, 2.05) is 5.38 Å². The Balaban J connectivity index is 1.81. The molecule has 2 aromatic rings. The van der Waals surface area contributed by atoms with Crippen LogP contribution in [-0.2, 0) is 14.3 Å². The number of aromatic nitrogens is 1. The van der Waals surface area contributed by atoms with Crippen LogP contribution in [0.3, 0.4) is 0 Å². The molecule has 0 aliphatic carbocycles. The second kappa shape index (κ2) is 9.22. The highest BCUT2D eigenvalue weighted by molar-refractivity contribution is 7.11. The van der Waals surface area contributed by atoms with Gasteiger partial charge in [-0.25, -0.2) is 14.2 Å². The first-order valence-corrected chi connectivity index (χ1v) is 10.6. The third kappa shape index (κ3) is 4.39. The molecule has 0 bridgehead atoms. The number of hydrogen-bond acceptors (Lipinski definition) is 8. The maximum Gasteiger partial charge on any atom is 0.338 e. The van der Waals surface area contributed by atoms with E-state index >= 15 is 0 Å². The van der Waals surface area contributed by atoms with Gasteiger partial charge in [0.2, 0.25) is 0 Å². The van der Waals surface area contributed by atoms with Crippen molar-refractivity contribution in [2.24, 2.45) is 4.99 Å². The lowest BCUT2D eigenvalue weighted by atomic mass is 9.95. The van der Waals surface area contributed by atoms with Crippen LogP contribution in [0.5, 0.6) is 0 Å². The van der Waals surface area contributed by atoms with Gasteiger partial charge in [0.05, 0.1) is 25.9 Å². The molecular formula is C20H20ClFN4O3S. The molecule has 2 aliphatic rings. The molecule has 1 saturated heterocycles. The first kappa shape index (κ1) is 20.9. The minimum absolute atomic E-state index is 0.191. The molecule has 1 aromatic heterocycles. The van der Waals surface area contributed by atoms with Crippen LogP contribution in [0.15, 0.2) is 46.0 Å². The average molecular weight is 451 g/mol. The smallest absolute Gasteiger partial charge is 0.338 e. The summed E-state index contributed by atoms with van der Waals surface area (Å²) in [5.74, 6) is -0.441. The molecule has 4 rings (SSSR count). The van der Waals surface area contributed by atoms with Crippen molar-refractivity contribution in [3.63, 3.8) is 0 Å². The summed E-state index contributed by atoms with van der Waals surface area (Å²) in [5.41, 5.74) is 1.53. The number of halogens is 2. The predicted octanol–water partition coefficient (Wildman–Crippen LogP) is 2.79. The van der Waals surface area contributed by atoms with Crippen molar-refractivity contribution in [2.75, 3.05) is 40.0 Å². The number of thiazole rings is 1. The van der Waals surface area contributed by atoms with Gasteiger partial charge in [0.15, 0.2) is 10.8 Å². The highest BCUT2D eigenvalue weighted by atomic mass is 35.5. The Bertz CT molecular complexity index is 990. The number of carbonyl (C=O) groups excluding carboxylic acids is 1. The van der Waals surface area contributed by atoms with Gasteiger partial charge in [0.25, 0.3) is 0 Å². The van der Waals surface area contributed by atoms with Crippen LogP contribution in [0, 0.1) is 5.82 Å². The predicted molar refractivity (Wildman–Crippen MR) is 112 cm³/mol. The first-order chi connectivity index (χ1) is 14.6. The molecule has 1 fully saturated rings. The molecule has 158 valence electrons. The number of rotatable bonds is 5. The fourth-order valence-electron chi connectivity index (χ4n) is 3.45. The Kier molecular flexibility index (Phi) is 6.43. The molecule has 1 unspecified atom stereocenters. The Hall–Kier alpha value is -2.33. The van der Waals surface area contributed by atoms with Gasteiger partial charge in [0, 0.05) is 47.5 Å². The summed E-state index contributed by atoms with van der Waals surface area (Å²) in [6, 6.07) is 3.32. The maximum absolute atomic E-state index is 13.7. The number of amidine groups is 1. The molecule has 0 radical (unpaired) electrons. The summed E-state index contributed by atoms with van der Waals surface area (Å²) >= 11 is 7.77. The Morgan fingerprint density at radius 3 is 2.90 bits per heavy atom. The molecular weight excluding hydrogens is 431 g/mol. The lowest BCUT2D eigenvalue weighted by Gasteiger charge is -2.32. The zero-order valence-corrected chi connectivity index (χ0v) is 17.8. The van der Waals surface area contributed by atoms with Gasteiger partial charge in [-0.1, -0.05) is 17.7 Å².